The fourth-order valence-electron chi connectivity index (χ4n) is 1.76. The topological polar surface area (TPSA) is 21.3 Å². The lowest BCUT2D eigenvalue weighted by atomic mass is 10.0. The predicted octanol–water partition coefficient (Wildman–Crippen LogP) is 3.21. The minimum Gasteiger partial charge on any atom is -0.375 e. The summed E-state index contributed by atoms with van der Waals surface area (Å²) in [5.74, 6) is -1.02. The van der Waals surface area contributed by atoms with Gasteiger partial charge in [0, 0.05) is 18.2 Å². The highest BCUT2D eigenvalue weighted by Crippen LogP contribution is 2.23. The van der Waals surface area contributed by atoms with Crippen molar-refractivity contribution in [3.8, 4) is 0 Å². The Morgan fingerprint density at radius 2 is 1.89 bits per heavy atom. The third-order valence-electron chi connectivity index (χ3n) is 2.80. The van der Waals surface area contributed by atoms with Crippen LogP contribution in [0.4, 0.5) is 17.6 Å². The van der Waals surface area contributed by atoms with Gasteiger partial charge in [0.25, 0.3) is 6.43 Å². The lowest BCUT2D eigenvalue weighted by Crippen LogP contribution is -2.20. The Bertz CT molecular complexity index is 412. The van der Waals surface area contributed by atoms with E-state index >= 15 is 0 Å². The third-order valence-corrected chi connectivity index (χ3v) is 2.80. The van der Waals surface area contributed by atoms with Crippen molar-refractivity contribution in [2.45, 2.75) is 25.8 Å². The van der Waals surface area contributed by atoms with Crippen LogP contribution in [-0.4, -0.2) is 26.7 Å². The maximum Gasteiger partial charge on any atom is 0.261 e. The van der Waals surface area contributed by atoms with Crippen LogP contribution in [0.2, 0.25) is 0 Å². The van der Waals surface area contributed by atoms with E-state index < -0.39 is 30.7 Å². The summed E-state index contributed by atoms with van der Waals surface area (Å²) in [5.41, 5.74) is 0.399. The average molecular weight is 279 g/mol. The van der Waals surface area contributed by atoms with Crippen LogP contribution in [0, 0.1) is 18.6 Å². The number of hydrogen-bond donors (Lipinski definition) is 1. The van der Waals surface area contributed by atoms with Crippen molar-refractivity contribution in [1.82, 2.24) is 5.32 Å². The molecule has 0 aliphatic rings. The van der Waals surface area contributed by atoms with E-state index in [0.29, 0.717) is 0 Å². The summed E-state index contributed by atoms with van der Waals surface area (Å²) in [5, 5.41) is 2.82. The Labute approximate surface area is 109 Å². The molecule has 1 atom stereocenters. The molecule has 1 aromatic carbocycles. The molecule has 0 aliphatic carbocycles. The molecule has 0 spiro atoms. The quantitative estimate of drug-likeness (QED) is 0.611. The monoisotopic (exact) mass is 279 g/mol. The first-order valence-corrected chi connectivity index (χ1v) is 5.94. The minimum absolute atomic E-state index is 0.0464. The Balaban J connectivity index is 2.67. The van der Waals surface area contributed by atoms with Crippen molar-refractivity contribution in [2.24, 2.45) is 0 Å². The van der Waals surface area contributed by atoms with Gasteiger partial charge in [-0.3, -0.25) is 0 Å². The van der Waals surface area contributed by atoms with Crippen molar-refractivity contribution in [3.63, 3.8) is 0 Å². The lowest BCUT2D eigenvalue weighted by Gasteiger charge is -2.18. The maximum atomic E-state index is 13.7. The number of ether oxygens (including phenoxy) is 1. The van der Waals surface area contributed by atoms with Crippen molar-refractivity contribution in [3.05, 3.63) is 34.9 Å². The molecular weight excluding hydrogens is 262 g/mol. The van der Waals surface area contributed by atoms with Crippen molar-refractivity contribution < 1.29 is 22.3 Å². The van der Waals surface area contributed by atoms with Crippen LogP contribution in [0.15, 0.2) is 12.1 Å². The van der Waals surface area contributed by atoms with Crippen LogP contribution in [0.3, 0.4) is 0 Å². The fraction of sp³-hybridized carbons (Fsp3) is 0.538. The summed E-state index contributed by atoms with van der Waals surface area (Å²) in [6.45, 7) is 0.869. The molecular formula is C13H17F4NO. The van der Waals surface area contributed by atoms with Gasteiger partial charge in [-0.1, -0.05) is 0 Å². The van der Waals surface area contributed by atoms with E-state index in [-0.39, 0.29) is 24.2 Å². The van der Waals surface area contributed by atoms with Gasteiger partial charge < -0.3 is 10.1 Å². The number of rotatable bonds is 7. The van der Waals surface area contributed by atoms with Crippen LogP contribution in [-0.2, 0) is 4.74 Å². The highest BCUT2D eigenvalue weighted by atomic mass is 19.3. The van der Waals surface area contributed by atoms with Gasteiger partial charge in [0.1, 0.15) is 18.2 Å². The van der Waals surface area contributed by atoms with Gasteiger partial charge in [0.15, 0.2) is 0 Å². The average Bonchev–Trinajstić information content (AvgIpc) is 2.34. The van der Waals surface area contributed by atoms with Crippen molar-refractivity contribution >= 4 is 0 Å². The molecule has 2 nitrogen and oxygen atoms in total. The number of alkyl halides is 2. The van der Waals surface area contributed by atoms with Gasteiger partial charge >= 0.3 is 0 Å². The summed E-state index contributed by atoms with van der Waals surface area (Å²) in [6.07, 6.45) is -2.25. The number of hydrogen-bond acceptors (Lipinski definition) is 2. The van der Waals surface area contributed by atoms with Crippen molar-refractivity contribution in [2.75, 3.05) is 20.3 Å². The van der Waals surface area contributed by atoms with Crippen LogP contribution < -0.4 is 5.32 Å². The van der Waals surface area contributed by atoms with E-state index in [0.717, 1.165) is 12.1 Å². The molecule has 108 valence electrons. The second-order valence-corrected chi connectivity index (χ2v) is 4.22. The lowest BCUT2D eigenvalue weighted by molar-refractivity contribution is 0.0144. The normalized spacial score (nSPS) is 13.0. The molecule has 1 rings (SSSR count). The standard InChI is InChI=1S/C13H17F4NO/c1-8-5-11(15)9(6-10(8)14)12(18-2)3-4-19-7-13(16)17/h5-6,12-13,18H,3-4,7H2,1-2H3. The molecule has 0 aliphatic heterocycles. The van der Waals surface area contributed by atoms with E-state index in [2.05, 4.69) is 5.32 Å². The maximum absolute atomic E-state index is 13.7. The molecule has 6 heteroatoms. The highest BCUT2D eigenvalue weighted by Gasteiger charge is 2.16. The Morgan fingerprint density at radius 1 is 1.21 bits per heavy atom. The molecule has 1 N–H and O–H groups in total. The van der Waals surface area contributed by atoms with E-state index in [4.69, 9.17) is 4.74 Å². The van der Waals surface area contributed by atoms with Crippen LogP contribution >= 0.6 is 0 Å². The minimum atomic E-state index is -2.53. The Hall–Kier alpha value is -1.14. The Morgan fingerprint density at radius 3 is 2.47 bits per heavy atom. The van der Waals surface area contributed by atoms with Crippen LogP contribution in [0.25, 0.3) is 0 Å². The second-order valence-electron chi connectivity index (χ2n) is 4.22. The molecule has 0 aromatic heterocycles. The molecule has 0 bridgehead atoms. The first-order valence-electron chi connectivity index (χ1n) is 5.94. The first-order chi connectivity index (χ1) is 8.95. The van der Waals surface area contributed by atoms with Gasteiger partial charge in [-0.05, 0) is 38.1 Å². The summed E-state index contributed by atoms with van der Waals surface area (Å²) in [4.78, 5) is 0. The zero-order valence-electron chi connectivity index (χ0n) is 10.9. The predicted molar refractivity (Wildman–Crippen MR) is 64.3 cm³/mol. The zero-order valence-corrected chi connectivity index (χ0v) is 10.9. The molecule has 1 unspecified atom stereocenters. The largest absolute Gasteiger partial charge is 0.375 e. The van der Waals surface area contributed by atoms with E-state index in [1.807, 2.05) is 0 Å². The summed E-state index contributed by atoms with van der Waals surface area (Å²) in [6, 6.07) is 1.77. The van der Waals surface area contributed by atoms with E-state index in [1.165, 1.54) is 6.92 Å². The molecule has 0 saturated heterocycles. The fourth-order valence-corrected chi connectivity index (χ4v) is 1.76. The van der Waals surface area contributed by atoms with Gasteiger partial charge in [-0.25, -0.2) is 17.6 Å². The van der Waals surface area contributed by atoms with Gasteiger partial charge in [0.2, 0.25) is 0 Å². The van der Waals surface area contributed by atoms with Crippen molar-refractivity contribution in [1.29, 1.82) is 0 Å². The Kier molecular flexibility index (Phi) is 6.24. The molecule has 0 saturated carbocycles. The summed E-state index contributed by atoms with van der Waals surface area (Å²) >= 11 is 0. The van der Waals surface area contributed by atoms with E-state index in [1.54, 1.807) is 7.05 Å². The molecule has 19 heavy (non-hydrogen) atoms. The van der Waals surface area contributed by atoms with Gasteiger partial charge in [-0.2, -0.15) is 0 Å². The molecule has 0 fully saturated rings. The second kappa shape index (κ2) is 7.45. The molecule has 1 aromatic rings. The molecule has 0 heterocycles. The number of benzene rings is 1. The smallest absolute Gasteiger partial charge is 0.261 e. The molecule has 0 radical (unpaired) electrons. The zero-order chi connectivity index (χ0) is 14.4. The summed E-state index contributed by atoms with van der Waals surface area (Å²) in [7, 11) is 1.59. The highest BCUT2D eigenvalue weighted by molar-refractivity contribution is 5.27. The van der Waals surface area contributed by atoms with Gasteiger partial charge in [0.05, 0.1) is 0 Å². The number of aryl methyl sites for hydroxylation is 1. The van der Waals surface area contributed by atoms with Gasteiger partial charge in [-0.15, -0.1) is 0 Å². The van der Waals surface area contributed by atoms with Crippen LogP contribution in [0.5, 0.6) is 0 Å². The van der Waals surface area contributed by atoms with Crippen LogP contribution in [0.1, 0.15) is 23.6 Å². The number of nitrogens with one attached hydrogen (secondary N) is 1. The molecule has 0 amide bonds. The van der Waals surface area contributed by atoms with E-state index in [9.17, 15) is 17.6 Å². The third kappa shape index (κ3) is 4.80. The SMILES string of the molecule is CNC(CCOCC(F)F)c1cc(F)c(C)cc1F. The number of halogens is 4. The first kappa shape index (κ1) is 15.9. The summed E-state index contributed by atoms with van der Waals surface area (Å²) < 4.78 is 55.6.